The summed E-state index contributed by atoms with van der Waals surface area (Å²) in [4.78, 5) is 13.3. The zero-order valence-corrected chi connectivity index (χ0v) is 21.0. The van der Waals surface area contributed by atoms with E-state index in [1.165, 1.54) is 4.31 Å². The van der Waals surface area contributed by atoms with E-state index in [1.54, 1.807) is 50.6 Å². The maximum atomic E-state index is 13.6. The molecule has 1 amide bonds. The molecule has 1 atom stereocenters. The lowest BCUT2D eigenvalue weighted by atomic mass is 9.92. The standard InChI is InChI=1S/C27H30N2O5S/c1-19-8-11-23(12-9-19)35(31,32)29-15-14-20-6-4-5-7-24(20)25(29)17-27(30)28-18-21-16-22(33-2)10-13-26(21)34-3/h4-13,16,25H,14-15,17-18H2,1-3H3,(H,28,30)/t25-/m0/s1. The molecule has 8 heteroatoms. The number of carbonyl (C=O) groups excluding carboxylic acids is 1. The second-order valence-electron chi connectivity index (χ2n) is 8.55. The predicted molar refractivity (Wildman–Crippen MR) is 134 cm³/mol. The van der Waals surface area contributed by atoms with Gasteiger partial charge in [-0.1, -0.05) is 42.0 Å². The molecule has 0 saturated heterocycles. The average molecular weight is 495 g/mol. The summed E-state index contributed by atoms with van der Waals surface area (Å²) in [6.07, 6.45) is 0.606. The Balaban J connectivity index is 1.58. The summed E-state index contributed by atoms with van der Waals surface area (Å²) in [5.74, 6) is 1.05. The van der Waals surface area contributed by atoms with Gasteiger partial charge in [-0.05, 0) is 54.8 Å². The van der Waals surface area contributed by atoms with Crippen molar-refractivity contribution in [2.75, 3.05) is 20.8 Å². The van der Waals surface area contributed by atoms with Gasteiger partial charge in [-0.3, -0.25) is 4.79 Å². The molecule has 0 aromatic heterocycles. The molecule has 0 aliphatic carbocycles. The molecule has 1 aliphatic rings. The van der Waals surface area contributed by atoms with Gasteiger partial charge in [0.15, 0.2) is 0 Å². The van der Waals surface area contributed by atoms with Gasteiger partial charge in [0.1, 0.15) is 11.5 Å². The zero-order valence-electron chi connectivity index (χ0n) is 20.2. The molecule has 3 aromatic carbocycles. The molecule has 35 heavy (non-hydrogen) atoms. The summed E-state index contributed by atoms with van der Waals surface area (Å²) in [6, 6.07) is 19.3. The molecule has 0 fully saturated rings. The highest BCUT2D eigenvalue weighted by atomic mass is 32.2. The van der Waals surface area contributed by atoms with Crippen LogP contribution in [0.3, 0.4) is 0 Å². The van der Waals surface area contributed by atoms with Gasteiger partial charge in [0.25, 0.3) is 0 Å². The molecule has 0 unspecified atom stereocenters. The number of hydrogen-bond acceptors (Lipinski definition) is 5. The quantitative estimate of drug-likeness (QED) is 0.512. The van der Waals surface area contributed by atoms with E-state index in [4.69, 9.17) is 9.47 Å². The molecule has 4 rings (SSSR count). The second kappa shape index (κ2) is 10.5. The minimum atomic E-state index is -3.79. The molecule has 1 N–H and O–H groups in total. The van der Waals surface area contributed by atoms with Gasteiger partial charge in [-0.15, -0.1) is 0 Å². The van der Waals surface area contributed by atoms with Gasteiger partial charge in [-0.25, -0.2) is 8.42 Å². The van der Waals surface area contributed by atoms with Gasteiger partial charge in [0.05, 0.1) is 25.2 Å². The van der Waals surface area contributed by atoms with E-state index >= 15 is 0 Å². The van der Waals surface area contributed by atoms with Gasteiger partial charge in [-0.2, -0.15) is 4.31 Å². The molecule has 3 aromatic rings. The molecule has 0 bridgehead atoms. The molecule has 0 spiro atoms. The molecule has 7 nitrogen and oxygen atoms in total. The first kappa shape index (κ1) is 24.8. The van der Waals surface area contributed by atoms with Crippen LogP contribution in [0.15, 0.2) is 71.6 Å². The molecule has 1 aliphatic heterocycles. The lowest BCUT2D eigenvalue weighted by Crippen LogP contribution is -2.42. The first-order valence-corrected chi connectivity index (χ1v) is 12.9. The van der Waals surface area contributed by atoms with Gasteiger partial charge in [0, 0.05) is 25.1 Å². The topological polar surface area (TPSA) is 84.9 Å². The van der Waals surface area contributed by atoms with Crippen LogP contribution in [0, 0.1) is 6.92 Å². The van der Waals surface area contributed by atoms with Gasteiger partial charge in [0.2, 0.25) is 15.9 Å². The summed E-state index contributed by atoms with van der Waals surface area (Å²) in [6.45, 7) is 2.46. The van der Waals surface area contributed by atoms with E-state index in [-0.39, 0.29) is 23.8 Å². The summed E-state index contributed by atoms with van der Waals surface area (Å²) in [5, 5.41) is 2.93. The number of sulfonamides is 1. The first-order valence-electron chi connectivity index (χ1n) is 11.5. The first-order chi connectivity index (χ1) is 16.8. The number of methoxy groups -OCH3 is 2. The van der Waals surface area contributed by atoms with Crippen LogP contribution in [0.25, 0.3) is 0 Å². The van der Waals surface area contributed by atoms with Crippen LogP contribution in [0.2, 0.25) is 0 Å². The second-order valence-corrected chi connectivity index (χ2v) is 10.4. The predicted octanol–water partition coefficient (Wildman–Crippen LogP) is 4.01. The largest absolute Gasteiger partial charge is 0.497 e. The molecule has 0 saturated carbocycles. The summed E-state index contributed by atoms with van der Waals surface area (Å²) in [7, 11) is -0.640. The van der Waals surface area contributed by atoms with E-state index in [1.807, 2.05) is 37.3 Å². The zero-order chi connectivity index (χ0) is 25.0. The van der Waals surface area contributed by atoms with E-state index in [9.17, 15) is 13.2 Å². The minimum Gasteiger partial charge on any atom is -0.497 e. The third-order valence-electron chi connectivity index (χ3n) is 6.33. The van der Waals surface area contributed by atoms with Crippen molar-refractivity contribution in [3.05, 3.63) is 89.0 Å². The van der Waals surface area contributed by atoms with Crippen molar-refractivity contribution in [1.82, 2.24) is 9.62 Å². The number of aryl methyl sites for hydroxylation is 1. The van der Waals surface area contributed by atoms with E-state index in [0.717, 1.165) is 22.3 Å². The van der Waals surface area contributed by atoms with Gasteiger partial charge >= 0.3 is 0 Å². The average Bonchev–Trinajstić information content (AvgIpc) is 2.87. The Labute approximate surface area is 206 Å². The van der Waals surface area contributed by atoms with Gasteiger partial charge < -0.3 is 14.8 Å². The summed E-state index contributed by atoms with van der Waals surface area (Å²) < 4.78 is 39.3. The van der Waals surface area contributed by atoms with Crippen molar-refractivity contribution >= 4 is 15.9 Å². The number of hydrogen-bond donors (Lipinski definition) is 1. The molecule has 1 heterocycles. The number of carbonyl (C=O) groups is 1. The Bertz CT molecular complexity index is 1310. The monoisotopic (exact) mass is 494 g/mol. The van der Waals surface area contributed by atoms with Crippen LogP contribution < -0.4 is 14.8 Å². The highest BCUT2D eigenvalue weighted by molar-refractivity contribution is 7.89. The maximum Gasteiger partial charge on any atom is 0.243 e. The molecular formula is C27H30N2O5S. The number of nitrogens with zero attached hydrogens (tertiary/aromatic N) is 1. The SMILES string of the molecule is COc1ccc(OC)c(CNC(=O)C[C@H]2c3ccccc3CCN2S(=O)(=O)c2ccc(C)cc2)c1. The van der Waals surface area contributed by atoms with Crippen LogP contribution in [0.5, 0.6) is 11.5 Å². The normalized spacial score (nSPS) is 15.8. The highest BCUT2D eigenvalue weighted by Gasteiger charge is 2.37. The molecular weight excluding hydrogens is 464 g/mol. The maximum absolute atomic E-state index is 13.6. The Kier molecular flexibility index (Phi) is 7.42. The van der Waals surface area contributed by atoms with Crippen LogP contribution in [-0.2, 0) is 27.8 Å². The number of ether oxygens (including phenoxy) is 2. The fourth-order valence-corrected chi connectivity index (χ4v) is 6.04. The van der Waals surface area contributed by atoms with Crippen molar-refractivity contribution in [2.45, 2.75) is 37.2 Å². The summed E-state index contributed by atoms with van der Waals surface area (Å²) >= 11 is 0. The van der Waals surface area contributed by atoms with Crippen molar-refractivity contribution in [1.29, 1.82) is 0 Å². The van der Waals surface area contributed by atoms with Crippen molar-refractivity contribution < 1.29 is 22.7 Å². The third-order valence-corrected chi connectivity index (χ3v) is 8.26. The molecule has 0 radical (unpaired) electrons. The van der Waals surface area contributed by atoms with E-state index < -0.39 is 16.1 Å². The minimum absolute atomic E-state index is 0.00832. The van der Waals surface area contributed by atoms with Crippen molar-refractivity contribution in [3.63, 3.8) is 0 Å². The van der Waals surface area contributed by atoms with Crippen LogP contribution in [0.4, 0.5) is 0 Å². The Morgan fingerprint density at radius 2 is 1.77 bits per heavy atom. The lowest BCUT2D eigenvalue weighted by Gasteiger charge is -2.36. The summed E-state index contributed by atoms with van der Waals surface area (Å²) in [5.41, 5.74) is 3.68. The number of rotatable bonds is 8. The Morgan fingerprint density at radius 3 is 2.49 bits per heavy atom. The number of fused-ring (bicyclic) bond motifs is 1. The third kappa shape index (κ3) is 5.33. The van der Waals surface area contributed by atoms with Crippen molar-refractivity contribution in [3.8, 4) is 11.5 Å². The van der Waals surface area contributed by atoms with Crippen LogP contribution in [-0.4, -0.2) is 39.4 Å². The fourth-order valence-electron chi connectivity index (χ4n) is 4.44. The fraction of sp³-hybridized carbons (Fsp3) is 0.296. The van der Waals surface area contributed by atoms with Crippen LogP contribution >= 0.6 is 0 Å². The Hall–Kier alpha value is -3.36. The molecule has 184 valence electrons. The lowest BCUT2D eigenvalue weighted by molar-refractivity contribution is -0.122. The Morgan fingerprint density at radius 1 is 1.03 bits per heavy atom. The number of amides is 1. The van der Waals surface area contributed by atoms with Crippen molar-refractivity contribution in [2.24, 2.45) is 0 Å². The van der Waals surface area contributed by atoms with E-state index in [2.05, 4.69) is 5.32 Å². The number of benzene rings is 3. The smallest absolute Gasteiger partial charge is 0.243 e. The van der Waals surface area contributed by atoms with Crippen LogP contribution in [0.1, 0.15) is 34.7 Å². The number of nitrogens with one attached hydrogen (secondary N) is 1. The highest BCUT2D eigenvalue weighted by Crippen LogP contribution is 2.36. The van der Waals surface area contributed by atoms with E-state index in [0.29, 0.717) is 24.5 Å².